The van der Waals surface area contributed by atoms with Crippen LogP contribution in [0.4, 0.5) is 0 Å². The maximum absolute atomic E-state index is 5.55. The summed E-state index contributed by atoms with van der Waals surface area (Å²) in [6.45, 7) is 3.52. The number of methoxy groups -OCH3 is 1. The highest BCUT2D eigenvalue weighted by atomic mass is 16.5. The lowest BCUT2D eigenvalue weighted by Gasteiger charge is -2.08. The molecule has 1 aromatic heterocycles. The molecule has 108 valence electrons. The minimum Gasteiger partial charge on any atom is -0.497 e. The molecule has 3 nitrogen and oxygen atoms in total. The van der Waals surface area contributed by atoms with E-state index in [0.29, 0.717) is 6.61 Å². The van der Waals surface area contributed by atoms with Crippen molar-refractivity contribution in [1.29, 1.82) is 0 Å². The number of aromatic nitrogens is 1. The van der Waals surface area contributed by atoms with Gasteiger partial charge in [-0.1, -0.05) is 12.1 Å². The molecule has 3 rings (SSSR count). The fourth-order valence-corrected chi connectivity index (χ4v) is 2.54. The normalized spacial score (nSPS) is 10.8. The third-order valence-electron chi connectivity index (χ3n) is 3.54. The van der Waals surface area contributed by atoms with Crippen LogP contribution in [0.2, 0.25) is 0 Å². The molecule has 0 aliphatic heterocycles. The first-order chi connectivity index (χ1) is 10.3. The van der Waals surface area contributed by atoms with Crippen molar-refractivity contribution in [3.05, 3.63) is 60.3 Å². The molecular weight excluding hydrogens is 262 g/mol. The van der Waals surface area contributed by atoms with Crippen LogP contribution in [-0.4, -0.2) is 18.3 Å². The second kappa shape index (κ2) is 5.92. The van der Waals surface area contributed by atoms with Crippen LogP contribution in [0.5, 0.6) is 11.5 Å². The Kier molecular flexibility index (Phi) is 3.82. The highest BCUT2D eigenvalue weighted by Crippen LogP contribution is 2.23. The second-order valence-corrected chi connectivity index (χ2v) is 4.95. The molecule has 0 saturated heterocycles. The predicted octanol–water partition coefficient (Wildman–Crippen LogP) is 4.10. The number of ether oxygens (including phenoxy) is 2. The molecule has 0 N–H and O–H groups in total. The van der Waals surface area contributed by atoms with Crippen molar-refractivity contribution in [3.63, 3.8) is 0 Å². The largest absolute Gasteiger partial charge is 0.497 e. The summed E-state index contributed by atoms with van der Waals surface area (Å²) < 4.78 is 13.1. The monoisotopic (exact) mass is 281 g/mol. The third kappa shape index (κ3) is 2.87. The van der Waals surface area contributed by atoms with Gasteiger partial charge in [-0.15, -0.1) is 0 Å². The summed E-state index contributed by atoms with van der Waals surface area (Å²) in [6.07, 6.45) is 2.11. The fourth-order valence-electron chi connectivity index (χ4n) is 2.54. The molecule has 0 amide bonds. The van der Waals surface area contributed by atoms with Crippen molar-refractivity contribution in [1.82, 2.24) is 4.57 Å². The lowest BCUT2D eigenvalue weighted by atomic mass is 10.2. The van der Waals surface area contributed by atoms with Crippen molar-refractivity contribution < 1.29 is 9.47 Å². The molecule has 21 heavy (non-hydrogen) atoms. The van der Waals surface area contributed by atoms with E-state index in [0.717, 1.165) is 18.0 Å². The van der Waals surface area contributed by atoms with Gasteiger partial charge in [-0.05, 0) is 48.9 Å². The molecule has 0 bridgehead atoms. The number of nitrogens with zero attached hydrogens (tertiary/aromatic N) is 1. The molecule has 0 radical (unpaired) electrons. The van der Waals surface area contributed by atoms with Crippen LogP contribution in [0.25, 0.3) is 10.9 Å². The number of hydrogen-bond acceptors (Lipinski definition) is 2. The maximum atomic E-state index is 5.55. The minimum atomic E-state index is 0.691. The minimum absolute atomic E-state index is 0.691. The van der Waals surface area contributed by atoms with E-state index in [1.54, 1.807) is 7.11 Å². The van der Waals surface area contributed by atoms with Gasteiger partial charge in [0.15, 0.2) is 0 Å². The molecule has 0 aliphatic carbocycles. The quantitative estimate of drug-likeness (QED) is 0.703. The van der Waals surface area contributed by atoms with Gasteiger partial charge in [-0.2, -0.15) is 0 Å². The van der Waals surface area contributed by atoms with Crippen LogP contribution in [0.3, 0.4) is 0 Å². The van der Waals surface area contributed by atoms with Gasteiger partial charge in [0.2, 0.25) is 0 Å². The highest BCUT2D eigenvalue weighted by Gasteiger charge is 2.04. The molecule has 3 aromatic rings. The average molecular weight is 281 g/mol. The zero-order valence-electron chi connectivity index (χ0n) is 12.4. The summed E-state index contributed by atoms with van der Waals surface area (Å²) in [4.78, 5) is 0. The first-order valence-electron chi connectivity index (χ1n) is 7.15. The molecule has 0 aliphatic rings. The molecule has 0 atom stereocenters. The lowest BCUT2D eigenvalue weighted by Crippen LogP contribution is -1.98. The zero-order chi connectivity index (χ0) is 14.7. The van der Waals surface area contributed by atoms with Crippen LogP contribution in [0.1, 0.15) is 12.5 Å². The standard InChI is InChI=1S/C18H19NO2/c1-3-21-17-7-8-18-15(12-17)9-10-19(18)13-14-5-4-6-16(11-14)20-2/h4-12H,3,13H2,1-2H3. The Bertz CT molecular complexity index is 746. The lowest BCUT2D eigenvalue weighted by molar-refractivity contribution is 0.340. The van der Waals surface area contributed by atoms with Gasteiger partial charge in [-0.3, -0.25) is 0 Å². The smallest absolute Gasteiger partial charge is 0.120 e. The van der Waals surface area contributed by atoms with Gasteiger partial charge in [-0.25, -0.2) is 0 Å². The molecule has 3 heteroatoms. The molecule has 2 aromatic carbocycles. The second-order valence-electron chi connectivity index (χ2n) is 4.95. The van der Waals surface area contributed by atoms with E-state index in [1.807, 2.05) is 25.1 Å². The first-order valence-corrected chi connectivity index (χ1v) is 7.15. The van der Waals surface area contributed by atoms with Crippen LogP contribution < -0.4 is 9.47 Å². The highest BCUT2D eigenvalue weighted by molar-refractivity contribution is 5.81. The van der Waals surface area contributed by atoms with E-state index in [-0.39, 0.29) is 0 Å². The maximum Gasteiger partial charge on any atom is 0.120 e. The van der Waals surface area contributed by atoms with E-state index in [9.17, 15) is 0 Å². The van der Waals surface area contributed by atoms with Gasteiger partial charge < -0.3 is 14.0 Å². The van der Waals surface area contributed by atoms with E-state index >= 15 is 0 Å². The summed E-state index contributed by atoms with van der Waals surface area (Å²) in [7, 11) is 1.69. The van der Waals surface area contributed by atoms with Gasteiger partial charge in [0.05, 0.1) is 13.7 Å². The molecular formula is C18H19NO2. The average Bonchev–Trinajstić information content (AvgIpc) is 2.90. The Morgan fingerprint density at radius 1 is 1.00 bits per heavy atom. The number of rotatable bonds is 5. The van der Waals surface area contributed by atoms with Crippen LogP contribution in [0.15, 0.2) is 54.7 Å². The van der Waals surface area contributed by atoms with Crippen molar-refractivity contribution in [3.8, 4) is 11.5 Å². The fraction of sp³-hybridized carbons (Fsp3) is 0.222. The topological polar surface area (TPSA) is 23.4 Å². The SMILES string of the molecule is CCOc1ccc2c(ccn2Cc2cccc(OC)c2)c1. The van der Waals surface area contributed by atoms with E-state index in [4.69, 9.17) is 9.47 Å². The summed E-state index contributed by atoms with van der Waals surface area (Å²) in [5, 5.41) is 1.20. The summed E-state index contributed by atoms with van der Waals surface area (Å²) in [5.74, 6) is 1.81. The van der Waals surface area contributed by atoms with Crippen LogP contribution >= 0.6 is 0 Å². The summed E-state index contributed by atoms with van der Waals surface area (Å²) in [5.41, 5.74) is 2.43. The van der Waals surface area contributed by atoms with Crippen molar-refractivity contribution in [2.45, 2.75) is 13.5 Å². The number of hydrogen-bond donors (Lipinski definition) is 0. The first kappa shape index (κ1) is 13.6. The zero-order valence-corrected chi connectivity index (χ0v) is 12.4. The van der Waals surface area contributed by atoms with Gasteiger partial charge in [0.1, 0.15) is 11.5 Å². The Labute approximate surface area is 124 Å². The van der Waals surface area contributed by atoms with E-state index in [1.165, 1.54) is 16.5 Å². The predicted molar refractivity (Wildman–Crippen MR) is 85.2 cm³/mol. The summed E-state index contributed by atoms with van der Waals surface area (Å²) in [6, 6.07) is 16.5. The molecule has 0 spiro atoms. The van der Waals surface area contributed by atoms with Crippen LogP contribution in [0, 0.1) is 0 Å². The number of benzene rings is 2. The number of fused-ring (bicyclic) bond motifs is 1. The van der Waals surface area contributed by atoms with Crippen molar-refractivity contribution >= 4 is 10.9 Å². The van der Waals surface area contributed by atoms with Crippen LogP contribution in [-0.2, 0) is 6.54 Å². The van der Waals surface area contributed by atoms with Gasteiger partial charge in [0.25, 0.3) is 0 Å². The van der Waals surface area contributed by atoms with Gasteiger partial charge >= 0.3 is 0 Å². The van der Waals surface area contributed by atoms with Crippen molar-refractivity contribution in [2.75, 3.05) is 13.7 Å². The molecule has 0 unspecified atom stereocenters. The van der Waals surface area contributed by atoms with Crippen molar-refractivity contribution in [2.24, 2.45) is 0 Å². The van der Waals surface area contributed by atoms with E-state index in [2.05, 4.69) is 41.1 Å². The molecule has 1 heterocycles. The van der Waals surface area contributed by atoms with Gasteiger partial charge in [0, 0.05) is 23.6 Å². The Balaban J connectivity index is 1.90. The molecule has 0 saturated carbocycles. The molecule has 0 fully saturated rings. The van der Waals surface area contributed by atoms with E-state index < -0.39 is 0 Å². The Morgan fingerprint density at radius 2 is 1.90 bits per heavy atom. The Morgan fingerprint density at radius 3 is 2.71 bits per heavy atom. The summed E-state index contributed by atoms with van der Waals surface area (Å²) >= 11 is 0. The third-order valence-corrected chi connectivity index (χ3v) is 3.54. The Hall–Kier alpha value is -2.42.